The van der Waals surface area contributed by atoms with Crippen LogP contribution in [0.1, 0.15) is 65.2 Å². The third kappa shape index (κ3) is 1.78. The van der Waals surface area contributed by atoms with Crippen LogP contribution in [0.25, 0.3) is 0 Å². The first-order valence-electron chi connectivity index (χ1n) is 9.02. The Labute approximate surface area is 128 Å². The van der Waals surface area contributed by atoms with E-state index in [1.165, 1.54) is 38.5 Å². The van der Waals surface area contributed by atoms with E-state index in [1.807, 2.05) is 0 Å². The number of fused-ring (bicyclic) bond motifs is 5. The van der Waals surface area contributed by atoms with Crippen molar-refractivity contribution in [2.24, 2.45) is 28.6 Å². The van der Waals surface area contributed by atoms with E-state index in [0.717, 1.165) is 12.8 Å². The van der Waals surface area contributed by atoms with Gasteiger partial charge in [0.2, 0.25) is 0 Å². The first kappa shape index (κ1) is 14.3. The van der Waals surface area contributed by atoms with E-state index in [4.69, 9.17) is 0 Å². The monoisotopic (exact) mass is 290 g/mol. The van der Waals surface area contributed by atoms with Crippen LogP contribution >= 0.6 is 0 Å². The fourth-order valence-electron chi connectivity index (χ4n) is 6.86. The molecule has 0 saturated heterocycles. The minimum absolute atomic E-state index is 0.0349. The van der Waals surface area contributed by atoms with Gasteiger partial charge in [-0.25, -0.2) is 0 Å². The van der Waals surface area contributed by atoms with Crippen molar-refractivity contribution in [2.45, 2.75) is 77.4 Å². The molecule has 0 aromatic carbocycles. The molecule has 21 heavy (non-hydrogen) atoms. The Balaban J connectivity index is 1.73. The Morgan fingerprint density at radius 2 is 1.95 bits per heavy atom. The van der Waals surface area contributed by atoms with Crippen molar-refractivity contribution in [1.82, 2.24) is 0 Å². The molecule has 2 nitrogen and oxygen atoms in total. The van der Waals surface area contributed by atoms with Gasteiger partial charge in [-0.3, -0.25) is 0 Å². The van der Waals surface area contributed by atoms with E-state index in [0.29, 0.717) is 17.8 Å². The van der Waals surface area contributed by atoms with Crippen LogP contribution in [0.5, 0.6) is 0 Å². The van der Waals surface area contributed by atoms with Gasteiger partial charge in [-0.05, 0) is 80.0 Å². The van der Waals surface area contributed by atoms with E-state index in [1.54, 1.807) is 5.57 Å². The maximum Gasteiger partial charge on any atom is 0.0597 e. The first-order chi connectivity index (χ1) is 9.97. The second-order valence-corrected chi connectivity index (χ2v) is 8.74. The average molecular weight is 290 g/mol. The summed E-state index contributed by atoms with van der Waals surface area (Å²) in [7, 11) is 0. The zero-order chi connectivity index (χ0) is 14.8. The van der Waals surface area contributed by atoms with Gasteiger partial charge in [-0.1, -0.05) is 25.5 Å². The molecule has 3 fully saturated rings. The number of aliphatic hydroxyl groups is 2. The van der Waals surface area contributed by atoms with Crippen LogP contribution in [0.15, 0.2) is 11.6 Å². The summed E-state index contributed by atoms with van der Waals surface area (Å²) in [5.41, 5.74) is 1.83. The van der Waals surface area contributed by atoms with E-state index in [9.17, 15) is 10.2 Å². The highest BCUT2D eigenvalue weighted by molar-refractivity contribution is 5.25. The summed E-state index contributed by atoms with van der Waals surface area (Å²) < 4.78 is 0. The molecule has 2 heteroatoms. The van der Waals surface area contributed by atoms with Crippen LogP contribution in [0, 0.1) is 28.6 Å². The van der Waals surface area contributed by atoms with Crippen molar-refractivity contribution in [1.29, 1.82) is 0 Å². The van der Waals surface area contributed by atoms with Gasteiger partial charge in [0, 0.05) is 0 Å². The molecule has 2 N–H and O–H groups in total. The SMILES string of the molecule is C[C@]12C[C@@H](O)[C@H]3[C@@H](CCC4=CCCC[C@@]43C)[C@@H]1CC[C@H]2O. The average Bonchev–Trinajstić information content (AvgIpc) is 2.73. The summed E-state index contributed by atoms with van der Waals surface area (Å²) in [5, 5.41) is 21.5. The van der Waals surface area contributed by atoms with Gasteiger partial charge in [0.05, 0.1) is 12.2 Å². The summed E-state index contributed by atoms with van der Waals surface area (Å²) in [4.78, 5) is 0. The predicted octanol–water partition coefficient (Wildman–Crippen LogP) is 3.67. The van der Waals surface area contributed by atoms with Gasteiger partial charge >= 0.3 is 0 Å². The van der Waals surface area contributed by atoms with Crippen molar-refractivity contribution in [3.8, 4) is 0 Å². The van der Waals surface area contributed by atoms with Crippen molar-refractivity contribution in [3.05, 3.63) is 11.6 Å². The van der Waals surface area contributed by atoms with Gasteiger partial charge < -0.3 is 10.2 Å². The maximum atomic E-state index is 11.0. The summed E-state index contributed by atoms with van der Waals surface area (Å²) in [5.74, 6) is 1.68. The summed E-state index contributed by atoms with van der Waals surface area (Å²) >= 11 is 0. The Bertz CT molecular complexity index is 470. The normalized spacial score (nSPS) is 56.2. The molecule has 4 rings (SSSR count). The van der Waals surface area contributed by atoms with Crippen LogP contribution in [-0.2, 0) is 0 Å². The smallest absolute Gasteiger partial charge is 0.0597 e. The Hall–Kier alpha value is -0.340. The van der Waals surface area contributed by atoms with Crippen LogP contribution < -0.4 is 0 Å². The second kappa shape index (κ2) is 4.58. The Morgan fingerprint density at radius 3 is 2.76 bits per heavy atom. The number of hydrogen-bond acceptors (Lipinski definition) is 2. The molecule has 0 heterocycles. The molecule has 4 aliphatic rings. The molecular weight excluding hydrogens is 260 g/mol. The highest BCUT2D eigenvalue weighted by Gasteiger charge is 2.61. The Morgan fingerprint density at radius 1 is 1.14 bits per heavy atom. The van der Waals surface area contributed by atoms with E-state index in [2.05, 4.69) is 19.9 Å². The number of rotatable bonds is 0. The van der Waals surface area contributed by atoms with Crippen molar-refractivity contribution >= 4 is 0 Å². The van der Waals surface area contributed by atoms with Crippen LogP contribution in [0.2, 0.25) is 0 Å². The van der Waals surface area contributed by atoms with Crippen LogP contribution in [0.3, 0.4) is 0 Å². The molecule has 0 aromatic heterocycles. The minimum Gasteiger partial charge on any atom is -0.393 e. The molecule has 3 saturated carbocycles. The molecule has 118 valence electrons. The molecule has 0 unspecified atom stereocenters. The van der Waals surface area contributed by atoms with Gasteiger partial charge in [-0.15, -0.1) is 0 Å². The molecule has 0 radical (unpaired) electrons. The lowest BCUT2D eigenvalue weighted by atomic mass is 9.46. The molecule has 0 aromatic rings. The first-order valence-corrected chi connectivity index (χ1v) is 9.02. The predicted molar refractivity (Wildman–Crippen MR) is 83.7 cm³/mol. The zero-order valence-corrected chi connectivity index (χ0v) is 13.5. The standard InChI is InChI=1S/C19H30O2/c1-18-10-4-3-5-12(18)6-7-13-14-8-9-16(21)19(14,2)11-15(20)17(13)18/h5,13-17,20-21H,3-4,6-11H2,1-2H3/t13-,14-,15+,16+,17+,18-,19-/m0/s1. The summed E-state index contributed by atoms with van der Waals surface area (Å²) in [6, 6.07) is 0. The molecular formula is C19H30O2. The number of hydrogen-bond donors (Lipinski definition) is 2. The molecule has 7 atom stereocenters. The van der Waals surface area contributed by atoms with E-state index in [-0.39, 0.29) is 23.0 Å². The van der Waals surface area contributed by atoms with Gasteiger partial charge in [-0.2, -0.15) is 0 Å². The fourth-order valence-corrected chi connectivity index (χ4v) is 6.86. The number of allylic oxidation sites excluding steroid dienone is 2. The highest BCUT2D eigenvalue weighted by atomic mass is 16.3. The topological polar surface area (TPSA) is 40.5 Å². The second-order valence-electron chi connectivity index (χ2n) is 8.74. The zero-order valence-electron chi connectivity index (χ0n) is 13.5. The molecule has 0 aliphatic heterocycles. The number of aliphatic hydroxyl groups excluding tert-OH is 2. The lowest BCUT2D eigenvalue weighted by Crippen LogP contribution is -2.56. The largest absolute Gasteiger partial charge is 0.393 e. The minimum atomic E-state index is -0.226. The lowest BCUT2D eigenvalue weighted by molar-refractivity contribution is -0.139. The summed E-state index contributed by atoms with van der Waals surface area (Å²) in [6.45, 7) is 4.66. The third-order valence-electron chi connectivity index (χ3n) is 7.91. The highest BCUT2D eigenvalue weighted by Crippen LogP contribution is 2.65. The van der Waals surface area contributed by atoms with Crippen LogP contribution in [-0.4, -0.2) is 22.4 Å². The van der Waals surface area contributed by atoms with E-state index < -0.39 is 0 Å². The lowest BCUT2D eigenvalue weighted by Gasteiger charge is -2.59. The van der Waals surface area contributed by atoms with Gasteiger partial charge in [0.15, 0.2) is 0 Å². The quantitative estimate of drug-likeness (QED) is 0.668. The van der Waals surface area contributed by atoms with Gasteiger partial charge in [0.25, 0.3) is 0 Å². The summed E-state index contributed by atoms with van der Waals surface area (Å²) in [6.07, 6.45) is 11.2. The maximum absolute atomic E-state index is 11.0. The Kier molecular flexibility index (Phi) is 3.11. The van der Waals surface area contributed by atoms with Crippen LogP contribution in [0.4, 0.5) is 0 Å². The molecule has 0 bridgehead atoms. The van der Waals surface area contributed by atoms with Crippen molar-refractivity contribution < 1.29 is 10.2 Å². The van der Waals surface area contributed by atoms with Gasteiger partial charge in [0.1, 0.15) is 0 Å². The molecule has 0 amide bonds. The third-order valence-corrected chi connectivity index (χ3v) is 7.91. The van der Waals surface area contributed by atoms with Crippen molar-refractivity contribution in [2.75, 3.05) is 0 Å². The van der Waals surface area contributed by atoms with E-state index >= 15 is 0 Å². The molecule has 0 spiro atoms. The molecule has 4 aliphatic carbocycles. The fraction of sp³-hybridized carbons (Fsp3) is 0.895. The van der Waals surface area contributed by atoms with Crippen molar-refractivity contribution in [3.63, 3.8) is 0 Å².